The highest BCUT2D eigenvalue weighted by Gasteiger charge is 2.21. The van der Waals surface area contributed by atoms with E-state index in [0.29, 0.717) is 22.9 Å². The van der Waals surface area contributed by atoms with E-state index in [1.807, 2.05) is 19.1 Å². The van der Waals surface area contributed by atoms with Gasteiger partial charge in [0.05, 0.1) is 22.7 Å². The molecule has 2 aromatic rings. The van der Waals surface area contributed by atoms with Crippen LogP contribution in [0.2, 0.25) is 5.02 Å². The fraction of sp³-hybridized carbons (Fsp3) is 0.286. The summed E-state index contributed by atoms with van der Waals surface area (Å²) in [7, 11) is 0. The number of Topliss-reactive ketones (excluding diaryl/α,β-unsaturated/α-hetero) is 1. The first-order chi connectivity index (χ1) is 9.15. The van der Waals surface area contributed by atoms with E-state index in [9.17, 15) is 4.79 Å². The van der Waals surface area contributed by atoms with E-state index in [4.69, 9.17) is 16.3 Å². The third-order valence-electron chi connectivity index (χ3n) is 3.18. The van der Waals surface area contributed by atoms with Crippen LogP contribution >= 0.6 is 22.9 Å². The molecule has 2 heterocycles. The fourth-order valence-electron chi connectivity index (χ4n) is 2.30. The Morgan fingerprint density at radius 3 is 3.11 bits per heavy atom. The molecule has 0 aliphatic carbocycles. The lowest BCUT2D eigenvalue weighted by Crippen LogP contribution is -2.04. The van der Waals surface area contributed by atoms with E-state index < -0.39 is 0 Å². The van der Waals surface area contributed by atoms with Gasteiger partial charge >= 0.3 is 0 Å². The van der Waals surface area contributed by atoms with Gasteiger partial charge in [0.15, 0.2) is 5.78 Å². The van der Waals surface area contributed by atoms with Gasteiger partial charge in [0.2, 0.25) is 0 Å². The fourth-order valence-corrected chi connectivity index (χ4v) is 3.31. The second-order valence-corrected chi connectivity index (χ2v) is 5.81. The third kappa shape index (κ3) is 2.38. The molecule has 1 aromatic heterocycles. The highest BCUT2D eigenvalue weighted by Crippen LogP contribution is 2.33. The molecule has 5 heteroatoms. The van der Waals surface area contributed by atoms with Crippen molar-refractivity contribution < 1.29 is 9.53 Å². The minimum Gasteiger partial charge on any atom is -0.493 e. The van der Waals surface area contributed by atoms with Crippen molar-refractivity contribution in [1.82, 2.24) is 4.98 Å². The van der Waals surface area contributed by atoms with Crippen LogP contribution in [0, 0.1) is 6.92 Å². The summed E-state index contributed by atoms with van der Waals surface area (Å²) >= 11 is 7.47. The molecule has 1 aliphatic heterocycles. The molecule has 0 amide bonds. The first kappa shape index (κ1) is 12.6. The second kappa shape index (κ2) is 4.94. The van der Waals surface area contributed by atoms with Crippen LogP contribution in [-0.4, -0.2) is 17.4 Å². The maximum atomic E-state index is 12.3. The number of thiazole rings is 1. The van der Waals surface area contributed by atoms with Crippen molar-refractivity contribution in [2.24, 2.45) is 0 Å². The van der Waals surface area contributed by atoms with Gasteiger partial charge in [0.1, 0.15) is 5.75 Å². The number of benzene rings is 1. The first-order valence-electron chi connectivity index (χ1n) is 6.02. The highest BCUT2D eigenvalue weighted by atomic mass is 35.5. The molecule has 1 aromatic carbocycles. The largest absolute Gasteiger partial charge is 0.493 e. The average Bonchev–Trinajstić information content (AvgIpc) is 2.97. The van der Waals surface area contributed by atoms with Gasteiger partial charge in [-0.15, -0.1) is 11.3 Å². The Balaban J connectivity index is 1.92. The Labute approximate surface area is 120 Å². The van der Waals surface area contributed by atoms with Gasteiger partial charge in [-0.3, -0.25) is 4.79 Å². The van der Waals surface area contributed by atoms with Gasteiger partial charge in [0, 0.05) is 23.4 Å². The Hall–Kier alpha value is -1.39. The third-order valence-corrected chi connectivity index (χ3v) is 4.36. The van der Waals surface area contributed by atoms with Crippen molar-refractivity contribution in [3.05, 3.63) is 44.4 Å². The predicted octanol–water partition coefficient (Wildman–Crippen LogP) is 3.47. The SMILES string of the molecule is Cc1ncsc1C(=O)Cc1cc(Cl)cc2c1OCC2. The number of carbonyl (C=O) groups excluding carboxylic acids is 1. The van der Waals surface area contributed by atoms with E-state index in [1.54, 1.807) is 5.51 Å². The second-order valence-electron chi connectivity index (χ2n) is 4.52. The molecule has 19 heavy (non-hydrogen) atoms. The lowest BCUT2D eigenvalue weighted by molar-refractivity contribution is 0.0995. The van der Waals surface area contributed by atoms with Gasteiger partial charge in [-0.05, 0) is 24.6 Å². The molecule has 0 saturated heterocycles. The molecule has 0 saturated carbocycles. The number of nitrogens with zero attached hydrogens (tertiary/aromatic N) is 1. The zero-order valence-corrected chi connectivity index (χ0v) is 12.0. The van der Waals surface area contributed by atoms with Crippen molar-refractivity contribution in [2.75, 3.05) is 6.61 Å². The van der Waals surface area contributed by atoms with Crippen molar-refractivity contribution in [2.45, 2.75) is 19.8 Å². The normalized spacial score (nSPS) is 13.2. The summed E-state index contributed by atoms with van der Waals surface area (Å²) < 4.78 is 5.61. The molecule has 0 radical (unpaired) electrons. The maximum absolute atomic E-state index is 12.3. The van der Waals surface area contributed by atoms with Crippen LogP contribution < -0.4 is 4.74 Å². The first-order valence-corrected chi connectivity index (χ1v) is 7.28. The van der Waals surface area contributed by atoms with Crippen LogP contribution in [0.4, 0.5) is 0 Å². The molecular formula is C14H12ClNO2S. The lowest BCUT2D eigenvalue weighted by Gasteiger charge is -2.08. The van der Waals surface area contributed by atoms with Gasteiger partial charge in [-0.25, -0.2) is 4.98 Å². The van der Waals surface area contributed by atoms with Crippen LogP contribution in [0.15, 0.2) is 17.6 Å². The summed E-state index contributed by atoms with van der Waals surface area (Å²) in [6, 6.07) is 3.73. The van der Waals surface area contributed by atoms with Crippen LogP contribution in [-0.2, 0) is 12.8 Å². The standard InChI is InChI=1S/C14H12ClNO2S/c1-8-14(19-7-16-8)12(17)6-10-5-11(15)4-9-2-3-18-13(9)10/h4-5,7H,2-3,6H2,1H3. The quantitative estimate of drug-likeness (QED) is 0.814. The topological polar surface area (TPSA) is 39.2 Å². The molecule has 0 bridgehead atoms. The van der Waals surface area contributed by atoms with Gasteiger partial charge in [-0.1, -0.05) is 11.6 Å². The van der Waals surface area contributed by atoms with Crippen LogP contribution in [0.5, 0.6) is 5.75 Å². The number of fused-ring (bicyclic) bond motifs is 1. The van der Waals surface area contributed by atoms with E-state index in [0.717, 1.165) is 29.0 Å². The average molecular weight is 294 g/mol. The van der Waals surface area contributed by atoms with Gasteiger partial charge < -0.3 is 4.74 Å². The molecule has 1 aliphatic rings. The molecule has 0 fully saturated rings. The molecule has 0 N–H and O–H groups in total. The van der Waals surface area contributed by atoms with Crippen molar-refractivity contribution in [1.29, 1.82) is 0 Å². The number of halogens is 1. The highest BCUT2D eigenvalue weighted by molar-refractivity contribution is 7.11. The molecule has 3 rings (SSSR count). The maximum Gasteiger partial charge on any atom is 0.179 e. The number of aryl methyl sites for hydroxylation is 1. The molecule has 0 spiro atoms. The molecule has 3 nitrogen and oxygen atoms in total. The number of hydrogen-bond acceptors (Lipinski definition) is 4. The van der Waals surface area contributed by atoms with Gasteiger partial charge in [0.25, 0.3) is 0 Å². The van der Waals surface area contributed by atoms with E-state index >= 15 is 0 Å². The predicted molar refractivity (Wildman–Crippen MR) is 75.5 cm³/mol. The van der Waals surface area contributed by atoms with Crippen LogP contribution in [0.3, 0.4) is 0 Å². The summed E-state index contributed by atoms with van der Waals surface area (Å²) in [5.74, 6) is 0.903. The molecular weight excluding hydrogens is 282 g/mol. The minimum atomic E-state index is 0.0694. The van der Waals surface area contributed by atoms with Crippen molar-refractivity contribution in [3.8, 4) is 5.75 Å². The Morgan fingerprint density at radius 2 is 2.37 bits per heavy atom. The number of ketones is 1. The van der Waals surface area contributed by atoms with Crippen molar-refractivity contribution in [3.63, 3.8) is 0 Å². The zero-order valence-electron chi connectivity index (χ0n) is 10.4. The number of hydrogen-bond donors (Lipinski definition) is 0. The number of aromatic nitrogens is 1. The number of carbonyl (C=O) groups is 1. The lowest BCUT2D eigenvalue weighted by atomic mass is 10.0. The van der Waals surface area contributed by atoms with E-state index in [-0.39, 0.29) is 5.78 Å². The number of ether oxygens (including phenoxy) is 1. The monoisotopic (exact) mass is 293 g/mol. The van der Waals surface area contributed by atoms with Crippen LogP contribution in [0.25, 0.3) is 0 Å². The summed E-state index contributed by atoms with van der Waals surface area (Å²) in [6.07, 6.45) is 1.17. The molecule has 0 unspecified atom stereocenters. The summed E-state index contributed by atoms with van der Waals surface area (Å²) in [5, 5.41) is 0.660. The van der Waals surface area contributed by atoms with Crippen LogP contribution in [0.1, 0.15) is 26.5 Å². The summed E-state index contributed by atoms with van der Waals surface area (Å²) in [6.45, 7) is 2.51. The summed E-state index contributed by atoms with van der Waals surface area (Å²) in [4.78, 5) is 17.1. The van der Waals surface area contributed by atoms with E-state index in [1.165, 1.54) is 11.3 Å². The number of rotatable bonds is 3. The Bertz CT molecular complexity index is 651. The van der Waals surface area contributed by atoms with Gasteiger partial charge in [-0.2, -0.15) is 0 Å². The smallest absolute Gasteiger partial charge is 0.179 e. The Morgan fingerprint density at radius 1 is 1.53 bits per heavy atom. The molecule has 98 valence electrons. The zero-order chi connectivity index (χ0) is 13.4. The van der Waals surface area contributed by atoms with Crippen molar-refractivity contribution >= 4 is 28.7 Å². The molecule has 0 atom stereocenters. The minimum absolute atomic E-state index is 0.0694. The van der Waals surface area contributed by atoms with E-state index in [2.05, 4.69) is 4.98 Å². The Kier molecular flexibility index (Phi) is 3.29. The summed E-state index contributed by atoms with van der Waals surface area (Å²) in [5.41, 5.74) is 4.45.